The Balaban J connectivity index is 1.24. The number of hydrogen-bond donors (Lipinski definition) is 0. The molecule has 0 saturated carbocycles. The summed E-state index contributed by atoms with van der Waals surface area (Å²) in [6, 6.07) is 71.4. The third-order valence-corrected chi connectivity index (χ3v) is 12.0. The van der Waals surface area contributed by atoms with Gasteiger partial charge < -0.3 is 4.57 Å². The summed E-state index contributed by atoms with van der Waals surface area (Å²) in [5.41, 5.74) is 10.9. The number of pyridine rings is 1. The van der Waals surface area contributed by atoms with Gasteiger partial charge in [0.2, 0.25) is 0 Å². The highest BCUT2D eigenvalue weighted by molar-refractivity contribution is 6.27. The van der Waals surface area contributed by atoms with Crippen LogP contribution in [0, 0.1) is 0 Å². The molecule has 2 heterocycles. The SMILES string of the molecule is c1ccc(-n2c3ccncc3c3cc(-c4ccc5c(-c6cccc7ccccc67)c6ccccc6c(-c6cccc7ccccc67)c5c4)c4ccccc4c32)cc1. The van der Waals surface area contributed by atoms with Crippen molar-refractivity contribution in [3.63, 3.8) is 0 Å². The minimum Gasteiger partial charge on any atom is -0.309 e. The molecule has 0 spiro atoms. The Hall–Kier alpha value is -7.55. The van der Waals surface area contributed by atoms with E-state index in [0.717, 1.165) is 16.6 Å². The fraction of sp³-hybridized carbons (Fsp3) is 0. The van der Waals surface area contributed by atoms with Crippen LogP contribution in [0.2, 0.25) is 0 Å². The van der Waals surface area contributed by atoms with E-state index < -0.39 is 0 Å². The number of rotatable bonds is 4. The Kier molecular flexibility index (Phi) is 6.96. The first-order chi connectivity index (χ1) is 28.3. The van der Waals surface area contributed by atoms with E-state index in [4.69, 9.17) is 0 Å². The van der Waals surface area contributed by atoms with Gasteiger partial charge in [-0.1, -0.05) is 164 Å². The van der Waals surface area contributed by atoms with Crippen molar-refractivity contribution >= 4 is 75.7 Å². The lowest BCUT2D eigenvalue weighted by atomic mass is 9.82. The molecule has 0 aliphatic rings. The van der Waals surface area contributed by atoms with Crippen LogP contribution in [0.5, 0.6) is 0 Å². The van der Waals surface area contributed by atoms with Crippen molar-refractivity contribution in [2.24, 2.45) is 0 Å². The fourth-order valence-electron chi connectivity index (χ4n) is 9.61. The zero-order chi connectivity index (χ0) is 37.5. The second-order valence-electron chi connectivity index (χ2n) is 15.0. The van der Waals surface area contributed by atoms with Crippen LogP contribution in [0.1, 0.15) is 0 Å². The van der Waals surface area contributed by atoms with E-state index in [1.807, 2.05) is 12.4 Å². The van der Waals surface area contributed by atoms with Crippen LogP contribution >= 0.6 is 0 Å². The average molecular weight is 723 g/mol. The van der Waals surface area contributed by atoms with Gasteiger partial charge in [0.15, 0.2) is 0 Å². The number of nitrogens with zero attached hydrogens (tertiary/aromatic N) is 2. The lowest BCUT2D eigenvalue weighted by molar-refractivity contribution is 1.18. The molecule has 0 bridgehead atoms. The largest absolute Gasteiger partial charge is 0.309 e. The van der Waals surface area contributed by atoms with Crippen LogP contribution in [0.25, 0.3) is 115 Å². The number of aromatic nitrogens is 2. The van der Waals surface area contributed by atoms with Gasteiger partial charge in [0.05, 0.1) is 11.0 Å². The first-order valence-electron chi connectivity index (χ1n) is 19.6. The Morgan fingerprint density at radius 2 is 0.877 bits per heavy atom. The van der Waals surface area contributed by atoms with Crippen LogP contribution in [0.3, 0.4) is 0 Å². The maximum Gasteiger partial charge on any atom is 0.0620 e. The molecule has 10 aromatic carbocycles. The molecular weight excluding hydrogens is 689 g/mol. The molecule has 0 unspecified atom stereocenters. The Morgan fingerprint density at radius 3 is 1.56 bits per heavy atom. The highest BCUT2D eigenvalue weighted by Crippen LogP contribution is 2.49. The van der Waals surface area contributed by atoms with Crippen molar-refractivity contribution in [1.82, 2.24) is 9.55 Å². The minimum atomic E-state index is 1.14. The zero-order valence-electron chi connectivity index (χ0n) is 31.0. The normalized spacial score (nSPS) is 11.9. The molecule has 0 radical (unpaired) electrons. The number of fused-ring (bicyclic) bond motifs is 9. The van der Waals surface area contributed by atoms with E-state index in [9.17, 15) is 0 Å². The molecule has 0 aliphatic carbocycles. The number of benzene rings is 10. The maximum absolute atomic E-state index is 4.64. The highest BCUT2D eigenvalue weighted by atomic mass is 15.0. The molecule has 0 amide bonds. The first-order valence-corrected chi connectivity index (χ1v) is 19.6. The molecule has 0 fully saturated rings. The second-order valence-corrected chi connectivity index (χ2v) is 15.0. The molecule has 0 N–H and O–H groups in total. The standard InChI is InChI=1S/C55H34N2/c1-2-18-38(19-3-1)57-52-30-31-56-34-51(52)50-33-48(41-22-8-11-25-47(41)55(50)57)37-28-29-46-49(32-37)54(43-27-13-17-36-15-5-7-21-40(36)43)45-24-10-9-23-44(45)53(46)42-26-12-16-35-14-4-6-20-39(35)42/h1-34H. The molecule has 57 heavy (non-hydrogen) atoms. The van der Waals surface area contributed by atoms with E-state index in [1.165, 1.54) is 98.1 Å². The second kappa shape index (κ2) is 12.5. The van der Waals surface area contributed by atoms with E-state index in [-0.39, 0.29) is 0 Å². The molecule has 12 rings (SSSR count). The molecule has 2 nitrogen and oxygen atoms in total. The molecule has 2 aromatic heterocycles. The quantitative estimate of drug-likeness (QED) is 0.165. The predicted molar refractivity (Wildman–Crippen MR) is 242 cm³/mol. The van der Waals surface area contributed by atoms with Crippen LogP contribution < -0.4 is 0 Å². The van der Waals surface area contributed by atoms with Gasteiger partial charge in [0.1, 0.15) is 0 Å². The first kappa shape index (κ1) is 31.8. The van der Waals surface area contributed by atoms with Gasteiger partial charge in [-0.25, -0.2) is 0 Å². The smallest absolute Gasteiger partial charge is 0.0620 e. The molecule has 0 atom stereocenters. The topological polar surface area (TPSA) is 17.8 Å². The average Bonchev–Trinajstić information content (AvgIpc) is 3.62. The van der Waals surface area contributed by atoms with Gasteiger partial charge in [-0.2, -0.15) is 0 Å². The summed E-state index contributed by atoms with van der Waals surface area (Å²) in [7, 11) is 0. The molecule has 0 aliphatic heterocycles. The summed E-state index contributed by atoms with van der Waals surface area (Å²) < 4.78 is 2.40. The van der Waals surface area contributed by atoms with Gasteiger partial charge in [-0.05, 0) is 112 Å². The molecule has 2 heteroatoms. The van der Waals surface area contributed by atoms with Gasteiger partial charge >= 0.3 is 0 Å². The number of hydrogen-bond acceptors (Lipinski definition) is 1. The predicted octanol–water partition coefficient (Wildman–Crippen LogP) is 14.9. The summed E-state index contributed by atoms with van der Waals surface area (Å²) in [5.74, 6) is 0. The minimum absolute atomic E-state index is 1.14. The van der Waals surface area contributed by atoms with Crippen molar-refractivity contribution in [2.75, 3.05) is 0 Å². The molecule has 12 aromatic rings. The van der Waals surface area contributed by atoms with Crippen molar-refractivity contribution in [3.05, 3.63) is 207 Å². The van der Waals surface area contributed by atoms with Crippen molar-refractivity contribution in [2.45, 2.75) is 0 Å². The maximum atomic E-state index is 4.64. The van der Waals surface area contributed by atoms with Gasteiger partial charge in [-0.15, -0.1) is 0 Å². The summed E-state index contributed by atoms with van der Waals surface area (Å²) in [6.45, 7) is 0. The third kappa shape index (κ3) is 4.74. The summed E-state index contributed by atoms with van der Waals surface area (Å²) in [6.07, 6.45) is 3.93. The Bertz CT molecular complexity index is 3570. The third-order valence-electron chi connectivity index (χ3n) is 12.0. The van der Waals surface area contributed by atoms with Crippen LogP contribution in [0.4, 0.5) is 0 Å². The molecular formula is C55H34N2. The molecule has 0 saturated heterocycles. The lowest BCUT2D eigenvalue weighted by Crippen LogP contribution is -1.95. The van der Waals surface area contributed by atoms with Crippen LogP contribution in [-0.2, 0) is 0 Å². The molecule has 264 valence electrons. The van der Waals surface area contributed by atoms with E-state index in [1.54, 1.807) is 0 Å². The van der Waals surface area contributed by atoms with Crippen LogP contribution in [-0.4, -0.2) is 9.55 Å². The zero-order valence-corrected chi connectivity index (χ0v) is 31.0. The summed E-state index contributed by atoms with van der Waals surface area (Å²) in [4.78, 5) is 4.64. The van der Waals surface area contributed by atoms with Gasteiger partial charge in [0, 0.05) is 34.2 Å². The van der Waals surface area contributed by atoms with Gasteiger partial charge in [-0.3, -0.25) is 4.98 Å². The van der Waals surface area contributed by atoms with Gasteiger partial charge in [0.25, 0.3) is 0 Å². The van der Waals surface area contributed by atoms with E-state index in [0.29, 0.717) is 0 Å². The van der Waals surface area contributed by atoms with Crippen molar-refractivity contribution in [3.8, 4) is 39.1 Å². The Morgan fingerprint density at radius 1 is 0.333 bits per heavy atom. The van der Waals surface area contributed by atoms with Crippen molar-refractivity contribution < 1.29 is 0 Å². The summed E-state index contributed by atoms with van der Waals surface area (Å²) >= 11 is 0. The van der Waals surface area contributed by atoms with Crippen LogP contribution in [0.15, 0.2) is 207 Å². The van der Waals surface area contributed by atoms with E-state index in [2.05, 4.69) is 204 Å². The summed E-state index contributed by atoms with van der Waals surface area (Å²) in [5, 5.41) is 14.8. The highest BCUT2D eigenvalue weighted by Gasteiger charge is 2.22. The lowest BCUT2D eigenvalue weighted by Gasteiger charge is -2.21. The number of para-hydroxylation sites is 1. The monoisotopic (exact) mass is 722 g/mol. The van der Waals surface area contributed by atoms with Crippen molar-refractivity contribution in [1.29, 1.82) is 0 Å². The Labute approximate surface area is 329 Å². The fourth-order valence-corrected chi connectivity index (χ4v) is 9.61. The van der Waals surface area contributed by atoms with E-state index >= 15 is 0 Å².